The summed E-state index contributed by atoms with van der Waals surface area (Å²) in [7, 11) is 0. The van der Waals surface area contributed by atoms with Crippen LogP contribution < -0.4 is 10.1 Å². The molecule has 1 aliphatic heterocycles. The standard InChI is InChI=1S/C24H26F2N2O5/c1-2-15-3-7-18(8-4-15)33-19-9-5-17(6-10-19)23(30)27-13-22(29)28-14-16(12-21(25)26)11-20(28)24(31)32/h3-10,16,20-21H,2,11-14H2,1H3,(H,27,30)(H,31,32)/t16?,20-/m0/s1. The summed E-state index contributed by atoms with van der Waals surface area (Å²) in [5, 5.41) is 11.8. The van der Waals surface area contributed by atoms with E-state index in [1.54, 1.807) is 24.3 Å². The second kappa shape index (κ2) is 10.9. The third-order valence-corrected chi connectivity index (χ3v) is 5.59. The van der Waals surface area contributed by atoms with Gasteiger partial charge in [0, 0.05) is 18.5 Å². The fourth-order valence-electron chi connectivity index (χ4n) is 3.82. The monoisotopic (exact) mass is 460 g/mol. The molecule has 0 saturated carbocycles. The third-order valence-electron chi connectivity index (χ3n) is 5.59. The Hall–Kier alpha value is -3.49. The van der Waals surface area contributed by atoms with Crippen LogP contribution in [0.4, 0.5) is 8.78 Å². The summed E-state index contributed by atoms with van der Waals surface area (Å²) in [5.74, 6) is -1.76. The Bertz CT molecular complexity index is 979. The number of halogens is 2. The van der Waals surface area contributed by atoms with Gasteiger partial charge in [-0.25, -0.2) is 13.6 Å². The lowest BCUT2D eigenvalue weighted by Crippen LogP contribution is -2.45. The van der Waals surface area contributed by atoms with Gasteiger partial charge < -0.3 is 20.1 Å². The molecule has 1 saturated heterocycles. The molecular formula is C24H26F2N2O5. The minimum atomic E-state index is -2.57. The van der Waals surface area contributed by atoms with Crippen LogP contribution in [0.25, 0.3) is 0 Å². The highest BCUT2D eigenvalue weighted by molar-refractivity contribution is 5.97. The lowest BCUT2D eigenvalue weighted by molar-refractivity contribution is -0.147. The van der Waals surface area contributed by atoms with Crippen molar-refractivity contribution in [3.05, 3.63) is 59.7 Å². The van der Waals surface area contributed by atoms with Gasteiger partial charge in [-0.15, -0.1) is 0 Å². The predicted molar refractivity (Wildman–Crippen MR) is 117 cm³/mol. The van der Waals surface area contributed by atoms with Gasteiger partial charge in [0.25, 0.3) is 5.91 Å². The molecule has 1 heterocycles. The lowest BCUT2D eigenvalue weighted by atomic mass is 10.0. The number of ether oxygens (including phenoxy) is 1. The molecule has 2 N–H and O–H groups in total. The van der Waals surface area contributed by atoms with Crippen LogP contribution in [0, 0.1) is 5.92 Å². The number of carboxylic acids is 1. The van der Waals surface area contributed by atoms with E-state index in [1.807, 2.05) is 24.3 Å². The second-order valence-electron chi connectivity index (χ2n) is 7.94. The largest absolute Gasteiger partial charge is 0.480 e. The summed E-state index contributed by atoms with van der Waals surface area (Å²) in [6, 6.07) is 12.8. The SMILES string of the molecule is CCc1ccc(Oc2ccc(C(=O)NCC(=O)N3CC(CC(F)F)C[C@H]3C(=O)O)cc2)cc1. The summed E-state index contributed by atoms with van der Waals surface area (Å²) in [6.07, 6.45) is -2.13. The molecule has 0 spiro atoms. The molecule has 1 aliphatic rings. The van der Waals surface area contributed by atoms with Crippen molar-refractivity contribution in [2.75, 3.05) is 13.1 Å². The zero-order chi connectivity index (χ0) is 24.0. The first kappa shape index (κ1) is 24.2. The van der Waals surface area contributed by atoms with Gasteiger partial charge >= 0.3 is 5.97 Å². The first-order valence-electron chi connectivity index (χ1n) is 10.7. The number of rotatable bonds is 9. The minimum absolute atomic E-state index is 0.0258. The van der Waals surface area contributed by atoms with E-state index in [4.69, 9.17) is 4.74 Å². The van der Waals surface area contributed by atoms with Crippen LogP contribution in [-0.4, -0.2) is 53.3 Å². The van der Waals surface area contributed by atoms with Gasteiger partial charge in [0.1, 0.15) is 17.5 Å². The lowest BCUT2D eigenvalue weighted by Gasteiger charge is -2.21. The molecular weight excluding hydrogens is 434 g/mol. The van der Waals surface area contributed by atoms with Crippen molar-refractivity contribution in [1.82, 2.24) is 10.2 Å². The van der Waals surface area contributed by atoms with Crippen molar-refractivity contribution in [3.8, 4) is 11.5 Å². The molecule has 0 aliphatic carbocycles. The van der Waals surface area contributed by atoms with Crippen molar-refractivity contribution in [2.45, 2.75) is 38.7 Å². The number of aliphatic carboxylic acids is 1. The highest BCUT2D eigenvalue weighted by atomic mass is 19.3. The van der Waals surface area contributed by atoms with Crippen LogP contribution in [0.2, 0.25) is 0 Å². The Morgan fingerprint density at radius 1 is 1.09 bits per heavy atom. The number of amides is 2. The van der Waals surface area contributed by atoms with E-state index in [1.165, 1.54) is 5.56 Å². The predicted octanol–water partition coefficient (Wildman–Crippen LogP) is 3.73. The van der Waals surface area contributed by atoms with Crippen LogP contribution >= 0.6 is 0 Å². The van der Waals surface area contributed by atoms with E-state index < -0.39 is 49.1 Å². The maximum atomic E-state index is 12.6. The van der Waals surface area contributed by atoms with Gasteiger partial charge in [0.05, 0.1) is 6.54 Å². The highest BCUT2D eigenvalue weighted by Gasteiger charge is 2.40. The second-order valence-corrected chi connectivity index (χ2v) is 7.94. The van der Waals surface area contributed by atoms with Crippen LogP contribution in [0.5, 0.6) is 11.5 Å². The van der Waals surface area contributed by atoms with E-state index >= 15 is 0 Å². The summed E-state index contributed by atoms with van der Waals surface area (Å²) in [4.78, 5) is 37.3. The molecule has 176 valence electrons. The van der Waals surface area contributed by atoms with Crippen molar-refractivity contribution < 1.29 is 33.0 Å². The number of carbonyl (C=O) groups is 3. The summed E-state index contributed by atoms with van der Waals surface area (Å²) in [6.45, 7) is 1.57. The Kier molecular flexibility index (Phi) is 7.97. The van der Waals surface area contributed by atoms with E-state index in [0.29, 0.717) is 17.1 Å². The Morgan fingerprint density at radius 3 is 2.24 bits per heavy atom. The van der Waals surface area contributed by atoms with Crippen molar-refractivity contribution >= 4 is 17.8 Å². The van der Waals surface area contributed by atoms with Crippen LogP contribution in [0.3, 0.4) is 0 Å². The van der Waals surface area contributed by atoms with Crippen molar-refractivity contribution in [3.63, 3.8) is 0 Å². The number of carbonyl (C=O) groups excluding carboxylic acids is 2. The van der Waals surface area contributed by atoms with Crippen molar-refractivity contribution in [2.24, 2.45) is 5.92 Å². The van der Waals surface area contributed by atoms with Gasteiger partial charge in [0.15, 0.2) is 0 Å². The number of hydrogen-bond donors (Lipinski definition) is 2. The first-order chi connectivity index (χ1) is 15.8. The number of aryl methyl sites for hydroxylation is 1. The molecule has 0 radical (unpaired) electrons. The maximum absolute atomic E-state index is 12.6. The number of alkyl halides is 2. The number of carboxylic acid groups (broad SMARTS) is 1. The zero-order valence-corrected chi connectivity index (χ0v) is 18.2. The highest BCUT2D eigenvalue weighted by Crippen LogP contribution is 2.28. The number of benzene rings is 2. The van der Waals surface area contributed by atoms with Gasteiger partial charge in [-0.1, -0.05) is 19.1 Å². The van der Waals surface area contributed by atoms with Gasteiger partial charge in [-0.2, -0.15) is 0 Å². The zero-order valence-electron chi connectivity index (χ0n) is 18.2. The molecule has 0 bridgehead atoms. The topological polar surface area (TPSA) is 95.9 Å². The van der Waals surface area contributed by atoms with E-state index in [0.717, 1.165) is 11.3 Å². The van der Waals surface area contributed by atoms with Gasteiger partial charge in [0.2, 0.25) is 12.3 Å². The quantitative estimate of drug-likeness (QED) is 0.595. The number of hydrogen-bond acceptors (Lipinski definition) is 4. The Labute approximate surface area is 190 Å². The number of likely N-dealkylation sites (tertiary alicyclic amines) is 1. The molecule has 0 aromatic heterocycles. The van der Waals surface area contributed by atoms with E-state index in [2.05, 4.69) is 12.2 Å². The fraction of sp³-hybridized carbons (Fsp3) is 0.375. The third kappa shape index (κ3) is 6.50. The normalized spacial score (nSPS) is 17.8. The molecule has 2 atom stereocenters. The average Bonchev–Trinajstić information content (AvgIpc) is 3.22. The maximum Gasteiger partial charge on any atom is 0.326 e. The smallest absolute Gasteiger partial charge is 0.326 e. The van der Waals surface area contributed by atoms with Crippen molar-refractivity contribution in [1.29, 1.82) is 0 Å². The molecule has 1 unspecified atom stereocenters. The van der Waals surface area contributed by atoms with Gasteiger partial charge in [-0.3, -0.25) is 9.59 Å². The molecule has 2 amide bonds. The van der Waals surface area contributed by atoms with Crippen LogP contribution in [0.1, 0.15) is 35.7 Å². The molecule has 9 heteroatoms. The average molecular weight is 460 g/mol. The first-order valence-corrected chi connectivity index (χ1v) is 10.7. The van der Waals surface area contributed by atoms with E-state index in [9.17, 15) is 28.3 Å². The minimum Gasteiger partial charge on any atom is -0.480 e. The summed E-state index contributed by atoms with van der Waals surface area (Å²) in [5.41, 5.74) is 1.49. The molecule has 2 aromatic rings. The molecule has 1 fully saturated rings. The molecule has 33 heavy (non-hydrogen) atoms. The number of nitrogens with one attached hydrogen (secondary N) is 1. The fourth-order valence-corrected chi connectivity index (χ4v) is 3.82. The number of nitrogens with zero attached hydrogens (tertiary/aromatic N) is 1. The Morgan fingerprint density at radius 2 is 1.70 bits per heavy atom. The summed E-state index contributed by atoms with van der Waals surface area (Å²) >= 11 is 0. The van der Waals surface area contributed by atoms with Crippen LogP contribution in [0.15, 0.2) is 48.5 Å². The Balaban J connectivity index is 1.54. The molecule has 7 nitrogen and oxygen atoms in total. The van der Waals surface area contributed by atoms with Crippen LogP contribution in [-0.2, 0) is 16.0 Å². The summed E-state index contributed by atoms with van der Waals surface area (Å²) < 4.78 is 31.0. The molecule has 2 aromatic carbocycles. The van der Waals surface area contributed by atoms with E-state index in [-0.39, 0.29) is 13.0 Å². The molecule has 3 rings (SSSR count). The van der Waals surface area contributed by atoms with Gasteiger partial charge in [-0.05, 0) is 60.7 Å².